The Morgan fingerprint density at radius 2 is 1.80 bits per heavy atom. The molecule has 0 saturated heterocycles. The van der Waals surface area contributed by atoms with E-state index in [4.69, 9.17) is 5.11 Å². The van der Waals surface area contributed by atoms with Gasteiger partial charge in [-0.1, -0.05) is 6.07 Å². The molecule has 3 aromatic rings. The van der Waals surface area contributed by atoms with E-state index in [1.165, 1.54) is 18.3 Å². The summed E-state index contributed by atoms with van der Waals surface area (Å²) in [7, 11) is 0. The molecule has 6 nitrogen and oxygen atoms in total. The van der Waals surface area contributed by atoms with Gasteiger partial charge in [-0.2, -0.15) is 0 Å². The van der Waals surface area contributed by atoms with Gasteiger partial charge < -0.3 is 10.2 Å². The van der Waals surface area contributed by atoms with Crippen molar-refractivity contribution in [2.75, 3.05) is 0 Å². The Kier molecular flexibility index (Phi) is 2.57. The van der Waals surface area contributed by atoms with Crippen molar-refractivity contribution in [3.8, 4) is 0 Å². The van der Waals surface area contributed by atoms with E-state index in [0.717, 1.165) is 0 Å². The minimum atomic E-state index is -1.11. The molecule has 1 aromatic carbocycles. The molecule has 0 spiro atoms. The standard InChI is InChI=1S/C14H8N2O4/c17-13(18)8-4-7-5-10(14(19)20)9-2-1-3-15-12(9)11(7)16-6-8/h1-6H,(H,17,18)(H,19,20). The molecule has 2 heterocycles. The molecule has 20 heavy (non-hydrogen) atoms. The lowest BCUT2D eigenvalue weighted by Crippen LogP contribution is -2.01. The number of aromatic nitrogens is 2. The first-order valence-corrected chi connectivity index (χ1v) is 5.72. The van der Waals surface area contributed by atoms with Crippen LogP contribution >= 0.6 is 0 Å². The normalized spacial score (nSPS) is 10.8. The molecule has 0 fully saturated rings. The average Bonchev–Trinajstić information content (AvgIpc) is 2.45. The van der Waals surface area contributed by atoms with E-state index in [9.17, 15) is 14.7 Å². The van der Waals surface area contributed by atoms with Gasteiger partial charge in [-0.15, -0.1) is 0 Å². The average molecular weight is 268 g/mol. The Labute approximate surface area is 112 Å². The summed E-state index contributed by atoms with van der Waals surface area (Å²) >= 11 is 0. The van der Waals surface area contributed by atoms with Gasteiger partial charge in [0.25, 0.3) is 0 Å². The highest BCUT2D eigenvalue weighted by atomic mass is 16.4. The van der Waals surface area contributed by atoms with Gasteiger partial charge in [0.2, 0.25) is 0 Å². The Balaban J connectivity index is 2.48. The van der Waals surface area contributed by atoms with Crippen molar-refractivity contribution in [1.29, 1.82) is 0 Å². The molecular formula is C14H8N2O4. The van der Waals surface area contributed by atoms with Crippen LogP contribution in [0.4, 0.5) is 0 Å². The van der Waals surface area contributed by atoms with E-state index < -0.39 is 11.9 Å². The van der Waals surface area contributed by atoms with E-state index in [1.807, 2.05) is 0 Å². The van der Waals surface area contributed by atoms with Crippen molar-refractivity contribution in [3.05, 3.63) is 47.8 Å². The molecule has 0 bridgehead atoms. The summed E-state index contributed by atoms with van der Waals surface area (Å²) in [6.07, 6.45) is 2.78. The lowest BCUT2D eigenvalue weighted by Gasteiger charge is -2.06. The van der Waals surface area contributed by atoms with Gasteiger partial charge in [0, 0.05) is 23.2 Å². The van der Waals surface area contributed by atoms with Gasteiger partial charge in [0.15, 0.2) is 0 Å². The highest BCUT2D eigenvalue weighted by molar-refractivity contribution is 6.13. The van der Waals surface area contributed by atoms with Crippen molar-refractivity contribution in [3.63, 3.8) is 0 Å². The predicted molar refractivity (Wildman–Crippen MR) is 71.0 cm³/mol. The summed E-state index contributed by atoms with van der Waals surface area (Å²) in [5, 5.41) is 19.1. The maximum Gasteiger partial charge on any atom is 0.337 e. The molecule has 2 aromatic heterocycles. The summed E-state index contributed by atoms with van der Waals surface area (Å²) in [4.78, 5) is 30.5. The molecule has 0 aliphatic heterocycles. The molecule has 0 aliphatic carbocycles. The third kappa shape index (κ3) is 1.74. The molecule has 0 radical (unpaired) electrons. The summed E-state index contributed by atoms with van der Waals surface area (Å²) < 4.78 is 0. The molecule has 0 atom stereocenters. The molecule has 0 saturated carbocycles. The number of carboxylic acids is 2. The molecule has 0 amide bonds. The fourth-order valence-electron chi connectivity index (χ4n) is 2.13. The molecule has 0 unspecified atom stereocenters. The zero-order chi connectivity index (χ0) is 14.3. The number of hydrogen-bond donors (Lipinski definition) is 2. The highest BCUT2D eigenvalue weighted by Crippen LogP contribution is 2.26. The number of carbonyl (C=O) groups is 2. The lowest BCUT2D eigenvalue weighted by molar-refractivity contribution is 0.0687. The van der Waals surface area contributed by atoms with Gasteiger partial charge in [-0.25, -0.2) is 9.59 Å². The zero-order valence-electron chi connectivity index (χ0n) is 10.1. The van der Waals surface area contributed by atoms with E-state index >= 15 is 0 Å². The van der Waals surface area contributed by atoms with Gasteiger partial charge in [-0.3, -0.25) is 9.97 Å². The number of carboxylic acid groups (broad SMARTS) is 2. The second-order valence-electron chi connectivity index (χ2n) is 4.23. The van der Waals surface area contributed by atoms with Gasteiger partial charge in [-0.05, 0) is 18.2 Å². The molecule has 3 rings (SSSR count). The van der Waals surface area contributed by atoms with E-state index in [1.54, 1.807) is 18.3 Å². The Morgan fingerprint density at radius 1 is 1.00 bits per heavy atom. The number of nitrogens with zero attached hydrogens (tertiary/aromatic N) is 2. The van der Waals surface area contributed by atoms with Crippen LogP contribution < -0.4 is 0 Å². The van der Waals surface area contributed by atoms with Gasteiger partial charge in [0.05, 0.1) is 22.2 Å². The van der Waals surface area contributed by atoms with Crippen LogP contribution in [-0.2, 0) is 0 Å². The summed E-state index contributed by atoms with van der Waals surface area (Å²) in [6.45, 7) is 0. The van der Waals surface area contributed by atoms with Gasteiger partial charge >= 0.3 is 11.9 Å². The number of benzene rings is 1. The van der Waals surface area contributed by atoms with Crippen molar-refractivity contribution in [2.24, 2.45) is 0 Å². The Bertz CT molecular complexity index is 874. The van der Waals surface area contributed by atoms with E-state index in [0.29, 0.717) is 21.8 Å². The second-order valence-corrected chi connectivity index (χ2v) is 4.23. The first-order chi connectivity index (χ1) is 9.58. The smallest absolute Gasteiger partial charge is 0.337 e. The van der Waals surface area contributed by atoms with Crippen LogP contribution in [0.25, 0.3) is 21.8 Å². The van der Waals surface area contributed by atoms with Gasteiger partial charge in [0.1, 0.15) is 0 Å². The predicted octanol–water partition coefficient (Wildman–Crippen LogP) is 2.18. The molecule has 6 heteroatoms. The fraction of sp³-hybridized carbons (Fsp3) is 0. The molecule has 98 valence electrons. The Hall–Kier alpha value is -3.02. The summed E-state index contributed by atoms with van der Waals surface area (Å²) in [5.41, 5.74) is 1.00. The van der Waals surface area contributed by atoms with Crippen molar-refractivity contribution in [1.82, 2.24) is 9.97 Å². The van der Waals surface area contributed by atoms with Crippen LogP contribution in [0.1, 0.15) is 20.7 Å². The summed E-state index contributed by atoms with van der Waals surface area (Å²) in [6, 6.07) is 6.11. The number of aromatic carboxylic acids is 2. The number of rotatable bonds is 2. The van der Waals surface area contributed by atoms with Crippen LogP contribution in [0, 0.1) is 0 Å². The molecular weight excluding hydrogens is 260 g/mol. The summed E-state index contributed by atoms with van der Waals surface area (Å²) in [5.74, 6) is -2.21. The van der Waals surface area contributed by atoms with Crippen LogP contribution in [-0.4, -0.2) is 32.1 Å². The first kappa shape index (κ1) is 12.0. The fourth-order valence-corrected chi connectivity index (χ4v) is 2.13. The number of hydrogen-bond acceptors (Lipinski definition) is 4. The van der Waals surface area contributed by atoms with E-state index in [2.05, 4.69) is 9.97 Å². The lowest BCUT2D eigenvalue weighted by atomic mass is 10.0. The number of fused-ring (bicyclic) bond motifs is 3. The van der Waals surface area contributed by atoms with Crippen LogP contribution in [0.3, 0.4) is 0 Å². The Morgan fingerprint density at radius 3 is 2.50 bits per heavy atom. The SMILES string of the molecule is O=C(O)c1cnc2c(c1)cc(C(=O)O)c1cccnc12. The minimum absolute atomic E-state index is 0.00381. The van der Waals surface area contributed by atoms with Crippen LogP contribution in [0.2, 0.25) is 0 Å². The van der Waals surface area contributed by atoms with Crippen molar-refractivity contribution >= 4 is 33.7 Å². The van der Waals surface area contributed by atoms with Crippen molar-refractivity contribution < 1.29 is 19.8 Å². The van der Waals surface area contributed by atoms with Crippen molar-refractivity contribution in [2.45, 2.75) is 0 Å². The third-order valence-corrected chi connectivity index (χ3v) is 3.02. The maximum atomic E-state index is 11.3. The maximum absolute atomic E-state index is 11.3. The molecule has 2 N–H and O–H groups in total. The second kappa shape index (κ2) is 4.27. The number of pyridine rings is 2. The topological polar surface area (TPSA) is 100 Å². The largest absolute Gasteiger partial charge is 0.478 e. The van der Waals surface area contributed by atoms with Crippen LogP contribution in [0.15, 0.2) is 36.7 Å². The molecule has 0 aliphatic rings. The zero-order valence-corrected chi connectivity index (χ0v) is 10.1. The first-order valence-electron chi connectivity index (χ1n) is 5.72. The van der Waals surface area contributed by atoms with Crippen LogP contribution in [0.5, 0.6) is 0 Å². The monoisotopic (exact) mass is 268 g/mol. The third-order valence-electron chi connectivity index (χ3n) is 3.02. The minimum Gasteiger partial charge on any atom is -0.478 e. The van der Waals surface area contributed by atoms with E-state index in [-0.39, 0.29) is 11.1 Å². The highest BCUT2D eigenvalue weighted by Gasteiger charge is 2.14. The quantitative estimate of drug-likeness (QED) is 0.691.